The molecule has 0 radical (unpaired) electrons. The van der Waals surface area contributed by atoms with Crippen LogP contribution in [0.25, 0.3) is 6.08 Å². The zero-order valence-corrected chi connectivity index (χ0v) is 19.0. The van der Waals surface area contributed by atoms with Crippen molar-refractivity contribution >= 4 is 45.3 Å². The molecule has 0 unspecified atom stereocenters. The molecule has 1 amide bonds. The smallest absolute Gasteiger partial charge is 0.331 e. The predicted molar refractivity (Wildman–Crippen MR) is 121 cm³/mol. The third-order valence-electron chi connectivity index (χ3n) is 4.64. The van der Waals surface area contributed by atoms with E-state index in [9.17, 15) is 18.0 Å². The van der Waals surface area contributed by atoms with Gasteiger partial charge in [0.2, 0.25) is 10.0 Å². The zero-order valence-electron chi connectivity index (χ0n) is 17.4. The maximum atomic E-state index is 12.9. The minimum absolute atomic E-state index is 0.0437. The van der Waals surface area contributed by atoms with Crippen LogP contribution >= 0.6 is 11.6 Å². The van der Waals surface area contributed by atoms with Crippen LogP contribution in [0.5, 0.6) is 0 Å². The highest BCUT2D eigenvalue weighted by Gasteiger charge is 2.28. The van der Waals surface area contributed by atoms with E-state index in [4.69, 9.17) is 21.1 Å². The highest BCUT2D eigenvalue weighted by Crippen LogP contribution is 2.28. The molecule has 1 N–H and O–H groups in total. The van der Waals surface area contributed by atoms with Gasteiger partial charge in [-0.05, 0) is 36.8 Å². The number of hydrogen-bond acceptors (Lipinski definition) is 6. The summed E-state index contributed by atoms with van der Waals surface area (Å²) in [6.07, 6.45) is 2.81. The van der Waals surface area contributed by atoms with Crippen molar-refractivity contribution in [2.45, 2.75) is 11.8 Å². The summed E-state index contributed by atoms with van der Waals surface area (Å²) in [6, 6.07) is 11.7. The Balaban J connectivity index is 1.58. The fourth-order valence-electron chi connectivity index (χ4n) is 2.93. The standard InChI is InChI=1S/C22H23ClN2O6S/c1-16-2-4-17(5-3-16)6-9-22(27)31-15-21(26)24-18-7-8-19(23)20(14-18)32(28,29)25-10-12-30-13-11-25/h2-9,14H,10-13,15H2,1H3,(H,24,26). The summed E-state index contributed by atoms with van der Waals surface area (Å²) in [7, 11) is -3.84. The number of morpholine rings is 1. The fourth-order valence-corrected chi connectivity index (χ4v) is 4.84. The molecule has 10 heteroatoms. The molecule has 2 aromatic carbocycles. The molecule has 0 atom stereocenters. The molecule has 1 aliphatic heterocycles. The second-order valence-corrected chi connectivity index (χ2v) is 9.38. The Labute approximate surface area is 191 Å². The highest BCUT2D eigenvalue weighted by molar-refractivity contribution is 7.89. The number of carbonyl (C=O) groups is 2. The molecule has 0 saturated carbocycles. The first-order valence-corrected chi connectivity index (χ1v) is 11.7. The largest absolute Gasteiger partial charge is 0.452 e. The van der Waals surface area contributed by atoms with Crippen molar-refractivity contribution < 1.29 is 27.5 Å². The number of nitrogens with zero attached hydrogens (tertiary/aromatic N) is 1. The maximum absolute atomic E-state index is 12.9. The van der Waals surface area contributed by atoms with Gasteiger partial charge in [0.1, 0.15) is 4.90 Å². The maximum Gasteiger partial charge on any atom is 0.331 e. The highest BCUT2D eigenvalue weighted by atomic mass is 35.5. The lowest BCUT2D eigenvalue weighted by Crippen LogP contribution is -2.40. The Kier molecular flexibility index (Phi) is 8.03. The first kappa shape index (κ1) is 23.9. The van der Waals surface area contributed by atoms with Crippen LogP contribution in [0.1, 0.15) is 11.1 Å². The topological polar surface area (TPSA) is 102 Å². The number of sulfonamides is 1. The van der Waals surface area contributed by atoms with Crippen LogP contribution in [0, 0.1) is 6.92 Å². The number of esters is 1. The number of nitrogens with one attached hydrogen (secondary N) is 1. The second kappa shape index (κ2) is 10.7. The quantitative estimate of drug-likeness (QED) is 0.485. The summed E-state index contributed by atoms with van der Waals surface area (Å²) >= 11 is 6.11. The van der Waals surface area contributed by atoms with Crippen molar-refractivity contribution in [2.75, 3.05) is 38.2 Å². The van der Waals surface area contributed by atoms with Crippen LogP contribution in [0.4, 0.5) is 5.69 Å². The molecular formula is C22H23ClN2O6S. The number of amides is 1. The van der Waals surface area contributed by atoms with Gasteiger partial charge >= 0.3 is 5.97 Å². The monoisotopic (exact) mass is 478 g/mol. The summed E-state index contributed by atoms with van der Waals surface area (Å²) in [5, 5.41) is 2.56. The zero-order chi connectivity index (χ0) is 23.1. The van der Waals surface area contributed by atoms with Crippen molar-refractivity contribution in [3.8, 4) is 0 Å². The van der Waals surface area contributed by atoms with Crippen molar-refractivity contribution in [2.24, 2.45) is 0 Å². The molecule has 1 saturated heterocycles. The molecule has 1 aliphatic rings. The Morgan fingerprint density at radius 2 is 1.84 bits per heavy atom. The minimum Gasteiger partial charge on any atom is -0.452 e. The molecule has 1 fully saturated rings. The van der Waals surface area contributed by atoms with E-state index in [0.717, 1.165) is 11.1 Å². The number of hydrogen-bond donors (Lipinski definition) is 1. The van der Waals surface area contributed by atoms with E-state index in [1.165, 1.54) is 28.6 Å². The van der Waals surface area contributed by atoms with E-state index in [2.05, 4.69) is 5.32 Å². The van der Waals surface area contributed by atoms with Crippen LogP contribution in [0.15, 0.2) is 53.4 Å². The summed E-state index contributed by atoms with van der Waals surface area (Å²) in [6.45, 7) is 2.49. The van der Waals surface area contributed by atoms with Crippen molar-refractivity contribution in [3.05, 3.63) is 64.7 Å². The third-order valence-corrected chi connectivity index (χ3v) is 7.02. The predicted octanol–water partition coefficient (Wildman–Crippen LogP) is 2.86. The molecule has 170 valence electrons. The number of rotatable bonds is 7. The molecular weight excluding hydrogens is 456 g/mol. The van der Waals surface area contributed by atoms with Crippen LogP contribution in [-0.2, 0) is 29.1 Å². The van der Waals surface area contributed by atoms with E-state index < -0.39 is 28.5 Å². The van der Waals surface area contributed by atoms with Gasteiger partial charge in [0.15, 0.2) is 6.61 Å². The van der Waals surface area contributed by atoms with E-state index in [-0.39, 0.29) is 28.7 Å². The molecule has 8 nitrogen and oxygen atoms in total. The van der Waals surface area contributed by atoms with Crippen molar-refractivity contribution in [1.82, 2.24) is 4.31 Å². The van der Waals surface area contributed by atoms with Crippen LogP contribution in [-0.4, -0.2) is 57.5 Å². The van der Waals surface area contributed by atoms with Gasteiger partial charge in [-0.15, -0.1) is 0 Å². The summed E-state index contributed by atoms with van der Waals surface area (Å²) < 4.78 is 37.1. The second-order valence-electron chi connectivity index (χ2n) is 7.06. The van der Waals surface area contributed by atoms with Crippen LogP contribution < -0.4 is 5.32 Å². The lowest BCUT2D eigenvalue weighted by molar-refractivity contribution is -0.142. The number of anilines is 1. The Morgan fingerprint density at radius 1 is 1.16 bits per heavy atom. The van der Waals surface area contributed by atoms with Gasteiger partial charge in [-0.3, -0.25) is 4.79 Å². The van der Waals surface area contributed by atoms with Gasteiger partial charge < -0.3 is 14.8 Å². The molecule has 0 bridgehead atoms. The van der Waals surface area contributed by atoms with Crippen molar-refractivity contribution in [3.63, 3.8) is 0 Å². The summed E-state index contributed by atoms with van der Waals surface area (Å²) in [5.41, 5.74) is 2.15. The molecule has 0 aliphatic carbocycles. The number of carbonyl (C=O) groups excluding carboxylic acids is 2. The van der Waals surface area contributed by atoms with Gasteiger partial charge in [0.05, 0.1) is 18.2 Å². The van der Waals surface area contributed by atoms with Gasteiger partial charge in [0.25, 0.3) is 5.91 Å². The number of halogens is 1. The molecule has 32 heavy (non-hydrogen) atoms. The number of aryl methyl sites for hydroxylation is 1. The molecule has 0 aromatic heterocycles. The van der Waals surface area contributed by atoms with Crippen LogP contribution in [0.3, 0.4) is 0 Å². The Hall–Kier alpha value is -2.72. The number of ether oxygens (including phenoxy) is 2. The normalized spacial score (nSPS) is 14.9. The molecule has 0 spiro atoms. The van der Waals surface area contributed by atoms with E-state index in [1.54, 1.807) is 6.08 Å². The molecule has 1 heterocycles. The lowest BCUT2D eigenvalue weighted by Gasteiger charge is -2.26. The molecule has 2 aromatic rings. The Morgan fingerprint density at radius 3 is 2.53 bits per heavy atom. The van der Waals surface area contributed by atoms with Crippen molar-refractivity contribution in [1.29, 1.82) is 0 Å². The summed E-state index contributed by atoms with van der Waals surface area (Å²) in [5.74, 6) is -1.29. The average molecular weight is 479 g/mol. The van der Waals surface area contributed by atoms with E-state index in [0.29, 0.717) is 13.2 Å². The fraction of sp³-hybridized carbons (Fsp3) is 0.273. The van der Waals surface area contributed by atoms with Gasteiger partial charge in [-0.1, -0.05) is 41.4 Å². The van der Waals surface area contributed by atoms with E-state index >= 15 is 0 Å². The first-order chi connectivity index (χ1) is 15.3. The van der Waals surface area contributed by atoms with Crippen LogP contribution in [0.2, 0.25) is 5.02 Å². The van der Waals surface area contributed by atoms with Gasteiger partial charge in [-0.2, -0.15) is 4.31 Å². The van der Waals surface area contributed by atoms with Gasteiger partial charge in [0, 0.05) is 24.9 Å². The molecule has 3 rings (SSSR count). The summed E-state index contributed by atoms with van der Waals surface area (Å²) in [4.78, 5) is 23.9. The minimum atomic E-state index is -3.84. The Bertz CT molecular complexity index is 1110. The average Bonchev–Trinajstić information content (AvgIpc) is 2.79. The number of benzene rings is 2. The first-order valence-electron chi connectivity index (χ1n) is 9.84. The SMILES string of the molecule is Cc1ccc(C=CC(=O)OCC(=O)Nc2ccc(Cl)c(S(=O)(=O)N3CCOCC3)c2)cc1. The third kappa shape index (κ3) is 6.39. The van der Waals surface area contributed by atoms with E-state index in [1.807, 2.05) is 31.2 Å². The van der Waals surface area contributed by atoms with Gasteiger partial charge in [-0.25, -0.2) is 13.2 Å². The lowest BCUT2D eigenvalue weighted by atomic mass is 10.1.